The van der Waals surface area contributed by atoms with Gasteiger partial charge in [-0.1, -0.05) is 48.5 Å². The lowest BCUT2D eigenvalue weighted by Crippen LogP contribution is -1.91. The zero-order valence-electron chi connectivity index (χ0n) is 10.5. The van der Waals surface area contributed by atoms with Crippen molar-refractivity contribution in [2.45, 2.75) is 0 Å². The predicted octanol–water partition coefficient (Wildman–Crippen LogP) is 4.78. The van der Waals surface area contributed by atoms with Gasteiger partial charge in [0.25, 0.3) is 0 Å². The first-order chi connectivity index (χ1) is 9.42. The number of nitrogens with zero attached hydrogens (tertiary/aromatic N) is 1. The Morgan fingerprint density at radius 1 is 0.579 bits per heavy atom. The van der Waals surface area contributed by atoms with Gasteiger partial charge in [-0.25, -0.2) is 0 Å². The number of para-hydroxylation sites is 1. The molecular weight excluding hydrogens is 230 g/mol. The summed E-state index contributed by atoms with van der Waals surface area (Å²) < 4.78 is 2.24. The van der Waals surface area contributed by atoms with Gasteiger partial charge in [0.2, 0.25) is 0 Å². The molecule has 1 aromatic heterocycles. The summed E-state index contributed by atoms with van der Waals surface area (Å²) >= 11 is 0. The average Bonchev–Trinajstić information content (AvgIpc) is 2.91. The molecule has 1 heterocycles. The number of hydrogen-bond donors (Lipinski definition) is 0. The van der Waals surface area contributed by atoms with Gasteiger partial charge < -0.3 is 4.57 Å². The van der Waals surface area contributed by atoms with Crippen molar-refractivity contribution in [2.24, 2.45) is 0 Å². The Bertz CT molecular complexity index is 871. The first-order valence-corrected chi connectivity index (χ1v) is 6.47. The van der Waals surface area contributed by atoms with Crippen molar-refractivity contribution in [2.75, 3.05) is 0 Å². The molecule has 4 rings (SSSR count). The van der Waals surface area contributed by atoms with E-state index in [1.165, 1.54) is 27.4 Å². The Morgan fingerprint density at radius 3 is 2.21 bits per heavy atom. The first kappa shape index (κ1) is 10.4. The highest BCUT2D eigenvalue weighted by Crippen LogP contribution is 2.23. The van der Waals surface area contributed by atoms with Crippen LogP contribution in [0.5, 0.6) is 0 Å². The fourth-order valence-corrected chi connectivity index (χ4v) is 2.63. The molecule has 0 radical (unpaired) electrons. The van der Waals surface area contributed by atoms with Crippen molar-refractivity contribution in [3.8, 4) is 5.69 Å². The predicted molar refractivity (Wildman–Crippen MR) is 80.8 cm³/mol. The van der Waals surface area contributed by atoms with Crippen molar-refractivity contribution in [3.63, 3.8) is 0 Å². The molecule has 90 valence electrons. The van der Waals surface area contributed by atoms with Crippen LogP contribution in [0.2, 0.25) is 0 Å². The summed E-state index contributed by atoms with van der Waals surface area (Å²) in [6, 6.07) is 25.7. The molecule has 1 heteroatoms. The second-order valence-electron chi connectivity index (χ2n) is 4.78. The van der Waals surface area contributed by atoms with Crippen LogP contribution >= 0.6 is 0 Å². The summed E-state index contributed by atoms with van der Waals surface area (Å²) in [5.41, 5.74) is 2.46. The molecule has 0 saturated carbocycles. The summed E-state index contributed by atoms with van der Waals surface area (Å²) in [5, 5.41) is 3.83. The van der Waals surface area contributed by atoms with Gasteiger partial charge in [0.05, 0.1) is 5.52 Å². The maximum atomic E-state index is 2.24. The smallest absolute Gasteiger partial charge is 0.0528 e. The van der Waals surface area contributed by atoms with Crippen molar-refractivity contribution in [1.82, 2.24) is 4.57 Å². The van der Waals surface area contributed by atoms with E-state index in [2.05, 4.69) is 83.6 Å². The third kappa shape index (κ3) is 1.63. The average molecular weight is 243 g/mol. The van der Waals surface area contributed by atoms with Gasteiger partial charge in [-0.3, -0.25) is 0 Å². The second kappa shape index (κ2) is 3.99. The Hall–Kier alpha value is -2.54. The molecule has 0 N–H and O–H groups in total. The zero-order chi connectivity index (χ0) is 12.7. The van der Waals surface area contributed by atoms with Gasteiger partial charge in [-0.2, -0.15) is 0 Å². The number of fused-ring (bicyclic) bond motifs is 2. The van der Waals surface area contributed by atoms with Crippen LogP contribution in [0.15, 0.2) is 79.0 Å². The fourth-order valence-electron chi connectivity index (χ4n) is 2.63. The molecule has 0 aliphatic rings. The molecule has 0 fully saturated rings. The molecule has 4 aromatic rings. The van der Waals surface area contributed by atoms with E-state index in [0.717, 1.165) is 0 Å². The molecular formula is C18H13N. The van der Waals surface area contributed by atoms with Crippen LogP contribution in [0.25, 0.3) is 27.4 Å². The third-order valence-corrected chi connectivity index (χ3v) is 3.61. The van der Waals surface area contributed by atoms with Gasteiger partial charge in [-0.05, 0) is 40.4 Å². The number of benzene rings is 3. The number of hydrogen-bond acceptors (Lipinski definition) is 0. The van der Waals surface area contributed by atoms with Crippen LogP contribution in [0.1, 0.15) is 0 Å². The van der Waals surface area contributed by atoms with E-state index in [-0.39, 0.29) is 0 Å². The quantitative estimate of drug-likeness (QED) is 0.453. The fraction of sp³-hybridized carbons (Fsp3) is 0. The summed E-state index contributed by atoms with van der Waals surface area (Å²) in [6.07, 6.45) is 2.13. The molecule has 0 bridgehead atoms. The molecule has 19 heavy (non-hydrogen) atoms. The summed E-state index contributed by atoms with van der Waals surface area (Å²) in [6.45, 7) is 0. The molecule has 3 aromatic carbocycles. The van der Waals surface area contributed by atoms with Crippen molar-refractivity contribution in [1.29, 1.82) is 0 Å². The molecule has 0 spiro atoms. The Labute approximate surface area is 111 Å². The third-order valence-electron chi connectivity index (χ3n) is 3.61. The summed E-state index contributed by atoms with van der Waals surface area (Å²) in [7, 11) is 0. The monoisotopic (exact) mass is 243 g/mol. The van der Waals surface area contributed by atoms with Crippen LogP contribution in [0.4, 0.5) is 0 Å². The minimum absolute atomic E-state index is 1.21. The largest absolute Gasteiger partial charge is 0.317 e. The van der Waals surface area contributed by atoms with Gasteiger partial charge in [-0.15, -0.1) is 0 Å². The maximum Gasteiger partial charge on any atom is 0.0528 e. The van der Waals surface area contributed by atoms with E-state index >= 15 is 0 Å². The molecule has 0 aliphatic carbocycles. The van der Waals surface area contributed by atoms with Crippen LogP contribution in [0.3, 0.4) is 0 Å². The van der Waals surface area contributed by atoms with Crippen LogP contribution in [-0.4, -0.2) is 4.57 Å². The normalized spacial score (nSPS) is 11.2. The highest BCUT2D eigenvalue weighted by molar-refractivity contribution is 5.86. The SMILES string of the molecule is c1ccc2cc(-n3ccc4ccccc43)ccc2c1. The molecule has 0 aliphatic heterocycles. The second-order valence-corrected chi connectivity index (χ2v) is 4.78. The van der Waals surface area contributed by atoms with Gasteiger partial charge in [0.1, 0.15) is 0 Å². The topological polar surface area (TPSA) is 4.93 Å². The van der Waals surface area contributed by atoms with Crippen LogP contribution < -0.4 is 0 Å². The van der Waals surface area contributed by atoms with Crippen molar-refractivity contribution < 1.29 is 0 Å². The Morgan fingerprint density at radius 2 is 1.32 bits per heavy atom. The van der Waals surface area contributed by atoms with E-state index in [4.69, 9.17) is 0 Å². The Kier molecular flexibility index (Phi) is 2.18. The first-order valence-electron chi connectivity index (χ1n) is 6.47. The van der Waals surface area contributed by atoms with E-state index in [0.29, 0.717) is 0 Å². The number of rotatable bonds is 1. The van der Waals surface area contributed by atoms with E-state index < -0.39 is 0 Å². The molecule has 0 atom stereocenters. The number of aromatic nitrogens is 1. The summed E-state index contributed by atoms with van der Waals surface area (Å²) in [5.74, 6) is 0. The standard InChI is InChI=1S/C18H13N/c1-2-7-16-13-17(10-9-14(16)5-1)19-12-11-15-6-3-4-8-18(15)19/h1-13H. The zero-order valence-corrected chi connectivity index (χ0v) is 10.5. The van der Waals surface area contributed by atoms with Crippen LogP contribution in [0, 0.1) is 0 Å². The molecule has 0 saturated heterocycles. The highest BCUT2D eigenvalue weighted by atomic mass is 15.0. The van der Waals surface area contributed by atoms with Crippen molar-refractivity contribution in [3.05, 3.63) is 79.0 Å². The van der Waals surface area contributed by atoms with Crippen molar-refractivity contribution >= 4 is 21.7 Å². The Balaban J connectivity index is 1.99. The van der Waals surface area contributed by atoms with E-state index in [9.17, 15) is 0 Å². The minimum atomic E-state index is 1.21. The summed E-state index contributed by atoms with van der Waals surface area (Å²) in [4.78, 5) is 0. The lowest BCUT2D eigenvalue weighted by molar-refractivity contribution is 1.13. The van der Waals surface area contributed by atoms with Gasteiger partial charge >= 0.3 is 0 Å². The van der Waals surface area contributed by atoms with Crippen LogP contribution in [-0.2, 0) is 0 Å². The molecule has 1 nitrogen and oxygen atoms in total. The lowest BCUT2D eigenvalue weighted by atomic mass is 10.1. The van der Waals surface area contributed by atoms with E-state index in [1.54, 1.807) is 0 Å². The van der Waals surface area contributed by atoms with E-state index in [1.807, 2.05) is 0 Å². The molecule has 0 unspecified atom stereocenters. The molecule has 0 amide bonds. The highest BCUT2D eigenvalue weighted by Gasteiger charge is 2.02. The lowest BCUT2D eigenvalue weighted by Gasteiger charge is -2.07. The minimum Gasteiger partial charge on any atom is -0.317 e. The van der Waals surface area contributed by atoms with Gasteiger partial charge in [0, 0.05) is 11.9 Å². The maximum absolute atomic E-state index is 2.24. The van der Waals surface area contributed by atoms with Gasteiger partial charge in [0.15, 0.2) is 0 Å².